The highest BCUT2D eigenvalue weighted by atomic mass is 16.5. The number of para-hydroxylation sites is 1. The van der Waals surface area contributed by atoms with Crippen LogP contribution in [0, 0.1) is 11.3 Å². The fraction of sp³-hybridized carbons (Fsp3) is 0.708. The molecule has 4 unspecified atom stereocenters. The Bertz CT molecular complexity index is 736. The van der Waals surface area contributed by atoms with Gasteiger partial charge in [-0.3, -0.25) is 9.69 Å². The summed E-state index contributed by atoms with van der Waals surface area (Å²) >= 11 is 0. The first kappa shape index (κ1) is 21.6. The van der Waals surface area contributed by atoms with Crippen LogP contribution in [0.25, 0.3) is 0 Å². The number of carbonyl (C=O) groups is 1. The minimum atomic E-state index is -0.613. The number of hydrogen-bond donors (Lipinski definition) is 2. The predicted molar refractivity (Wildman–Crippen MR) is 116 cm³/mol. The Morgan fingerprint density at radius 2 is 2.07 bits per heavy atom. The van der Waals surface area contributed by atoms with Crippen LogP contribution in [0.2, 0.25) is 0 Å². The summed E-state index contributed by atoms with van der Waals surface area (Å²) < 4.78 is 11.0. The average Bonchev–Trinajstić information content (AvgIpc) is 3.49. The minimum Gasteiger partial charge on any atom is -0.496 e. The van der Waals surface area contributed by atoms with Crippen molar-refractivity contribution in [2.45, 2.75) is 56.5 Å². The molecule has 6 heteroatoms. The van der Waals surface area contributed by atoms with E-state index in [9.17, 15) is 9.90 Å². The van der Waals surface area contributed by atoms with Crippen LogP contribution < -0.4 is 10.1 Å². The fourth-order valence-electron chi connectivity index (χ4n) is 5.45. The summed E-state index contributed by atoms with van der Waals surface area (Å²) in [6, 6.07) is 9.14. The maximum atomic E-state index is 11.9. The molecule has 3 aliphatic rings. The Morgan fingerprint density at radius 1 is 1.27 bits per heavy atom. The van der Waals surface area contributed by atoms with Crippen molar-refractivity contribution < 1.29 is 19.4 Å². The number of likely N-dealkylation sites (tertiary alicyclic amines) is 1. The smallest absolute Gasteiger partial charge is 0.310 e. The predicted octanol–water partition coefficient (Wildman–Crippen LogP) is 3.12. The van der Waals surface area contributed by atoms with Crippen molar-refractivity contribution in [2.24, 2.45) is 11.3 Å². The number of carboxylic acids is 1. The van der Waals surface area contributed by atoms with E-state index >= 15 is 0 Å². The van der Waals surface area contributed by atoms with Gasteiger partial charge in [0.15, 0.2) is 0 Å². The number of nitrogens with one attached hydrogen (secondary N) is 1. The van der Waals surface area contributed by atoms with E-state index in [0.29, 0.717) is 30.5 Å². The summed E-state index contributed by atoms with van der Waals surface area (Å²) in [5.74, 6) is 1.42. The maximum Gasteiger partial charge on any atom is 0.310 e. The Hall–Kier alpha value is -1.63. The van der Waals surface area contributed by atoms with E-state index in [1.807, 2.05) is 12.1 Å². The van der Waals surface area contributed by atoms with Crippen molar-refractivity contribution in [1.82, 2.24) is 10.2 Å². The van der Waals surface area contributed by atoms with Crippen LogP contribution >= 0.6 is 0 Å². The lowest BCUT2D eigenvalue weighted by Crippen LogP contribution is -2.55. The summed E-state index contributed by atoms with van der Waals surface area (Å²) in [5, 5.41) is 13.6. The van der Waals surface area contributed by atoms with Crippen molar-refractivity contribution in [3.8, 4) is 5.75 Å². The monoisotopic (exact) mass is 416 g/mol. The zero-order valence-electron chi connectivity index (χ0n) is 18.3. The number of piperidine rings is 1. The van der Waals surface area contributed by atoms with Crippen LogP contribution in [0.3, 0.4) is 0 Å². The molecule has 0 bridgehead atoms. The van der Waals surface area contributed by atoms with E-state index < -0.39 is 11.4 Å². The highest BCUT2D eigenvalue weighted by Gasteiger charge is 2.47. The second-order valence-electron chi connectivity index (χ2n) is 9.51. The summed E-state index contributed by atoms with van der Waals surface area (Å²) in [7, 11) is 3.51. The zero-order valence-corrected chi connectivity index (χ0v) is 18.3. The molecule has 1 aromatic rings. The first-order chi connectivity index (χ1) is 14.6. The third kappa shape index (κ3) is 4.51. The average molecular weight is 417 g/mol. The van der Waals surface area contributed by atoms with E-state index in [2.05, 4.69) is 22.3 Å². The number of benzene rings is 1. The van der Waals surface area contributed by atoms with Crippen molar-refractivity contribution in [3.05, 3.63) is 29.8 Å². The van der Waals surface area contributed by atoms with Crippen LogP contribution in [-0.2, 0) is 9.53 Å². The molecule has 4 atom stereocenters. The molecule has 166 valence electrons. The van der Waals surface area contributed by atoms with Gasteiger partial charge in [0.25, 0.3) is 0 Å². The third-order valence-electron chi connectivity index (χ3n) is 7.56. The minimum absolute atomic E-state index is 0.370. The number of hydrogen-bond acceptors (Lipinski definition) is 5. The summed E-state index contributed by atoms with van der Waals surface area (Å²) in [6.07, 6.45) is 5.97. The number of carboxylic acid groups (broad SMARTS) is 1. The number of aliphatic carboxylic acids is 1. The lowest BCUT2D eigenvalue weighted by Gasteiger charge is -2.47. The molecule has 30 heavy (non-hydrogen) atoms. The van der Waals surface area contributed by atoms with E-state index in [1.54, 1.807) is 14.2 Å². The molecule has 2 aliphatic carbocycles. The van der Waals surface area contributed by atoms with Gasteiger partial charge < -0.3 is 19.9 Å². The van der Waals surface area contributed by atoms with Gasteiger partial charge in [0.2, 0.25) is 0 Å². The Balaban J connectivity index is 1.37. The molecule has 4 rings (SSSR count). The van der Waals surface area contributed by atoms with Crippen LogP contribution in [0.4, 0.5) is 0 Å². The second kappa shape index (κ2) is 9.25. The van der Waals surface area contributed by atoms with Crippen molar-refractivity contribution in [3.63, 3.8) is 0 Å². The molecule has 1 aromatic carbocycles. The zero-order chi connectivity index (χ0) is 21.1. The molecular formula is C24H36N2O4. The van der Waals surface area contributed by atoms with Crippen LogP contribution in [0.15, 0.2) is 24.3 Å². The Kier molecular flexibility index (Phi) is 6.66. The molecule has 6 nitrogen and oxygen atoms in total. The molecule has 0 spiro atoms. The van der Waals surface area contributed by atoms with Gasteiger partial charge in [-0.05, 0) is 56.2 Å². The number of rotatable bonds is 10. The van der Waals surface area contributed by atoms with Crippen LogP contribution in [-0.4, -0.2) is 68.5 Å². The van der Waals surface area contributed by atoms with E-state index in [0.717, 1.165) is 64.0 Å². The molecule has 1 aliphatic heterocycles. The fourth-order valence-corrected chi connectivity index (χ4v) is 5.45. The van der Waals surface area contributed by atoms with Gasteiger partial charge in [-0.15, -0.1) is 0 Å². The van der Waals surface area contributed by atoms with Gasteiger partial charge in [-0.1, -0.05) is 24.6 Å². The molecule has 0 aromatic heterocycles. The van der Waals surface area contributed by atoms with E-state index in [-0.39, 0.29) is 0 Å². The summed E-state index contributed by atoms with van der Waals surface area (Å²) in [4.78, 5) is 14.4. The molecule has 2 saturated carbocycles. The van der Waals surface area contributed by atoms with Gasteiger partial charge in [-0.25, -0.2) is 0 Å². The van der Waals surface area contributed by atoms with Gasteiger partial charge in [0.1, 0.15) is 5.75 Å². The third-order valence-corrected chi connectivity index (χ3v) is 7.56. The van der Waals surface area contributed by atoms with E-state index in [4.69, 9.17) is 9.47 Å². The Morgan fingerprint density at radius 3 is 2.73 bits per heavy atom. The largest absolute Gasteiger partial charge is 0.496 e. The van der Waals surface area contributed by atoms with E-state index in [1.165, 1.54) is 5.56 Å². The molecule has 0 radical (unpaired) electrons. The molecular weight excluding hydrogens is 380 g/mol. The maximum absolute atomic E-state index is 11.9. The quantitative estimate of drug-likeness (QED) is 0.611. The molecule has 2 N–H and O–H groups in total. The standard InChI is InChI=1S/C24H36N2O4/c1-29-15-17-8-11-26(16-24(23(27)28)9-5-10-24)18(12-17)14-25-21-13-20(21)19-6-3-4-7-22(19)30-2/h3-4,6-7,17-18,20-21,25H,5,8-16H2,1-2H3,(H,27,28). The first-order valence-electron chi connectivity index (χ1n) is 11.4. The lowest BCUT2D eigenvalue weighted by atomic mass is 9.68. The first-order valence-corrected chi connectivity index (χ1v) is 11.4. The number of ether oxygens (including phenoxy) is 2. The van der Waals surface area contributed by atoms with Crippen LogP contribution in [0.5, 0.6) is 5.75 Å². The van der Waals surface area contributed by atoms with Gasteiger partial charge in [0.05, 0.1) is 12.5 Å². The molecule has 0 amide bonds. The highest BCUT2D eigenvalue weighted by molar-refractivity contribution is 5.76. The van der Waals surface area contributed by atoms with Crippen molar-refractivity contribution in [1.29, 1.82) is 0 Å². The Labute approximate surface area is 179 Å². The summed E-state index contributed by atoms with van der Waals surface area (Å²) in [5.41, 5.74) is 0.765. The molecule has 1 saturated heterocycles. The number of nitrogens with zero attached hydrogens (tertiary/aromatic N) is 1. The molecule has 1 heterocycles. The second-order valence-corrected chi connectivity index (χ2v) is 9.51. The number of methoxy groups -OCH3 is 2. The normalized spacial score (nSPS) is 30.5. The van der Waals surface area contributed by atoms with Gasteiger partial charge in [-0.2, -0.15) is 0 Å². The molecule has 3 fully saturated rings. The van der Waals surface area contributed by atoms with Gasteiger partial charge in [0, 0.05) is 44.8 Å². The van der Waals surface area contributed by atoms with Crippen molar-refractivity contribution >= 4 is 5.97 Å². The van der Waals surface area contributed by atoms with Crippen molar-refractivity contribution in [2.75, 3.05) is 40.5 Å². The van der Waals surface area contributed by atoms with Crippen LogP contribution in [0.1, 0.15) is 50.0 Å². The SMILES string of the molecule is COCC1CCN(CC2(C(=O)O)CCC2)C(CNC2CC2c2ccccc2OC)C1. The topological polar surface area (TPSA) is 71.0 Å². The summed E-state index contributed by atoms with van der Waals surface area (Å²) in [6.45, 7) is 3.36. The van der Waals surface area contributed by atoms with Gasteiger partial charge >= 0.3 is 5.97 Å². The lowest BCUT2D eigenvalue weighted by molar-refractivity contribution is -0.157. The highest BCUT2D eigenvalue weighted by Crippen LogP contribution is 2.45.